The molecule has 13 aliphatic carbocycles. The molecule has 14 bridgehead atoms. The van der Waals surface area contributed by atoms with Gasteiger partial charge in [0.05, 0.1) is 11.0 Å². The van der Waals surface area contributed by atoms with Crippen molar-refractivity contribution in [2.75, 3.05) is 26.2 Å². The zero-order chi connectivity index (χ0) is 57.2. The van der Waals surface area contributed by atoms with Gasteiger partial charge in [-0.25, -0.2) is 4.79 Å². The minimum absolute atomic E-state index is 0.0892. The number of ether oxygens (including phenoxy) is 2. The molecule has 9 saturated carbocycles. The van der Waals surface area contributed by atoms with E-state index >= 15 is 9.59 Å². The number of carbonyl (C=O) groups is 2. The molecule has 460 valence electrons. The standard InChI is InChI=1S/C78H103N3O5/c1-47-35-51-17-18-59-54-36-48-44-80(46-54)60(55-41-73(25-6-7-26-73)75(42-55)31-12-29-71(75)23-4-5-24-71)39-61(82)67-76-33-20-56-64-57-43-74(47,65(56)66(51)81(59)45-48)32-19-50(57)37-53(52-14-9-27-72(40-52)30-11-28-70(72)21-2-3-22-70)38-62(77(64,76)69(84)85-67)78(76)58-16-8-13-49(15-10-34-79)63(58)68(83)86-78/h8,13,16,37,47-48,52-55,57,59-60,62,65,82H,2-7,9-12,14-15,17-36,38-46,79H2,1H3/b50-37?,67-61+/t47-,48-,52+,53-,54+,55-,57-,59-,60+,62+,65-,72-,74-,75-,76-,77-,78-/m1/s1. The molecule has 22 aliphatic rings. The fraction of sp³-hybridized carbons (Fsp3) is 0.795. The molecule has 9 aliphatic heterocycles. The normalized spacial score (nSPS) is 49.5. The Morgan fingerprint density at radius 1 is 0.698 bits per heavy atom. The van der Waals surface area contributed by atoms with Gasteiger partial charge in [-0.15, -0.1) is 0 Å². The molecular formula is C78H103N3O5. The summed E-state index contributed by atoms with van der Waals surface area (Å²) in [6, 6.07) is 7.37. The van der Waals surface area contributed by atoms with Crippen LogP contribution in [0.4, 0.5) is 0 Å². The Balaban J connectivity index is 0.832. The van der Waals surface area contributed by atoms with Crippen LogP contribution in [-0.2, 0) is 26.3 Å². The van der Waals surface area contributed by atoms with E-state index in [1.165, 1.54) is 198 Å². The Hall–Kier alpha value is -3.36. The van der Waals surface area contributed by atoms with Crippen molar-refractivity contribution in [1.29, 1.82) is 0 Å². The summed E-state index contributed by atoms with van der Waals surface area (Å²) in [4.78, 5) is 39.3. The smallest absolute Gasteiger partial charge is 0.339 e. The van der Waals surface area contributed by atoms with Gasteiger partial charge >= 0.3 is 11.9 Å². The topological polar surface area (TPSA) is 105 Å². The molecule has 0 radical (unpaired) electrons. The van der Waals surface area contributed by atoms with Crippen LogP contribution in [0.25, 0.3) is 0 Å². The number of hydrogen-bond acceptors (Lipinski definition) is 8. The van der Waals surface area contributed by atoms with Crippen LogP contribution in [-0.4, -0.2) is 65.1 Å². The lowest BCUT2D eigenvalue weighted by molar-refractivity contribution is -0.284. The van der Waals surface area contributed by atoms with Crippen molar-refractivity contribution in [3.63, 3.8) is 0 Å². The molecule has 12 fully saturated rings. The molecule has 3 N–H and O–H groups in total. The number of piperidine rings is 2. The zero-order valence-corrected chi connectivity index (χ0v) is 52.7. The summed E-state index contributed by atoms with van der Waals surface area (Å²) in [6.07, 6.45) is 49.1. The van der Waals surface area contributed by atoms with Crippen LogP contribution >= 0.6 is 0 Å². The number of allylic oxidation sites excluding steroid dienone is 4. The predicted octanol–water partition coefficient (Wildman–Crippen LogP) is 16.4. The highest BCUT2D eigenvalue weighted by Gasteiger charge is 2.94. The summed E-state index contributed by atoms with van der Waals surface area (Å²) in [7, 11) is 0. The maximum absolute atomic E-state index is 17.3. The van der Waals surface area contributed by atoms with E-state index in [1.54, 1.807) is 22.4 Å². The Labute approximate surface area is 514 Å². The molecule has 3 saturated heterocycles. The number of hydrogen-bond donors (Lipinski definition) is 2. The highest BCUT2D eigenvalue weighted by molar-refractivity contribution is 6.00. The number of fused-ring (bicyclic) bond motifs is 6. The second-order valence-corrected chi connectivity index (χ2v) is 35.3. The Morgan fingerprint density at radius 3 is 2.29 bits per heavy atom. The zero-order valence-electron chi connectivity index (χ0n) is 52.7. The molecule has 0 aromatic heterocycles. The van der Waals surface area contributed by atoms with Gasteiger partial charge in [-0.3, -0.25) is 9.69 Å². The van der Waals surface area contributed by atoms with Crippen molar-refractivity contribution in [1.82, 2.24) is 9.80 Å². The number of aliphatic hydroxyl groups is 1. The second kappa shape index (κ2) is 17.8. The lowest BCUT2D eigenvalue weighted by Crippen LogP contribution is -2.78. The van der Waals surface area contributed by atoms with Gasteiger partial charge in [0.1, 0.15) is 11.2 Å². The van der Waals surface area contributed by atoms with Crippen LogP contribution in [0.2, 0.25) is 0 Å². The van der Waals surface area contributed by atoms with E-state index in [0.29, 0.717) is 99.5 Å². The quantitative estimate of drug-likeness (QED) is 0.222. The molecule has 9 heterocycles. The van der Waals surface area contributed by atoms with Gasteiger partial charge in [0.2, 0.25) is 0 Å². The third-order valence-electron chi connectivity index (χ3n) is 33.6. The molecule has 1 aromatic carbocycles. The predicted molar refractivity (Wildman–Crippen MR) is 333 cm³/mol. The maximum Gasteiger partial charge on any atom is 0.339 e. The SMILES string of the molecule is C[C@@H]1CC2=C3[C@H]4C5=C6[C@@H]7C[C@@]41CCC7=C[C@@H]([C@H]1CCC[C@@]4(CCCC47CCCC7)C1)C[C@H]1[C@]64C(=O)O/C(=C(/O)C[C@@H]([C@@H]6CC7(CCCC7)[C@]7(CCCC78CCCC8)C6)N6C[C@H]7C[C@@H](C6)[C@@H](CC2)N3C7)[C@@]4(CC5)[C@]12OC(=O)c1c(CCCN)cccc12. The van der Waals surface area contributed by atoms with Crippen LogP contribution < -0.4 is 5.73 Å². The van der Waals surface area contributed by atoms with E-state index in [2.05, 4.69) is 41.0 Å². The minimum Gasteiger partial charge on any atom is -0.509 e. The number of nitrogens with two attached hydrogens (primary N) is 1. The Kier molecular flexibility index (Phi) is 11.0. The summed E-state index contributed by atoms with van der Waals surface area (Å²) in [6.45, 7) is 6.63. The van der Waals surface area contributed by atoms with E-state index in [-0.39, 0.29) is 41.1 Å². The van der Waals surface area contributed by atoms with Gasteiger partial charge in [0, 0.05) is 67.2 Å². The lowest BCUT2D eigenvalue weighted by Gasteiger charge is -2.74. The van der Waals surface area contributed by atoms with Crippen molar-refractivity contribution >= 4 is 11.9 Å². The molecule has 8 nitrogen and oxygen atoms in total. The highest BCUT2D eigenvalue weighted by atomic mass is 16.6. The summed E-state index contributed by atoms with van der Waals surface area (Å²) in [5, 5.41) is 14.4. The molecule has 23 rings (SSSR count). The second-order valence-electron chi connectivity index (χ2n) is 35.3. The first kappa shape index (κ1) is 53.3. The van der Waals surface area contributed by atoms with Crippen LogP contribution in [0.5, 0.6) is 0 Å². The Bertz CT molecular complexity index is 3260. The number of rotatable bonds is 5. The van der Waals surface area contributed by atoms with Gasteiger partial charge in [0.25, 0.3) is 0 Å². The fourth-order valence-electron chi connectivity index (χ4n) is 31.3. The number of esters is 2. The number of aryl methyl sites for hydroxylation is 1. The molecule has 86 heavy (non-hydrogen) atoms. The summed E-state index contributed by atoms with van der Waals surface area (Å²) in [5.41, 5.74) is 16.4. The van der Waals surface area contributed by atoms with Crippen LogP contribution in [0.1, 0.15) is 260 Å². The molecule has 18 atom stereocenters. The van der Waals surface area contributed by atoms with Gasteiger partial charge < -0.3 is 25.2 Å². The summed E-state index contributed by atoms with van der Waals surface area (Å²) >= 11 is 0. The third kappa shape index (κ3) is 6.01. The van der Waals surface area contributed by atoms with Gasteiger partial charge in [-0.2, -0.15) is 0 Å². The first-order valence-electron chi connectivity index (χ1n) is 37.3. The first-order valence-corrected chi connectivity index (χ1v) is 37.3. The van der Waals surface area contributed by atoms with E-state index in [9.17, 15) is 5.11 Å². The monoisotopic (exact) mass is 1160 g/mol. The van der Waals surface area contributed by atoms with E-state index in [0.717, 1.165) is 68.3 Å². The Morgan fingerprint density at radius 2 is 1.45 bits per heavy atom. The molecule has 1 unspecified atom stereocenters. The largest absolute Gasteiger partial charge is 0.509 e. The van der Waals surface area contributed by atoms with Gasteiger partial charge in [-0.05, 0) is 259 Å². The van der Waals surface area contributed by atoms with Crippen LogP contribution in [0.3, 0.4) is 0 Å². The molecule has 9 spiro atoms. The highest BCUT2D eigenvalue weighted by Crippen LogP contribution is 2.90. The molecule has 8 heteroatoms. The molecular weight excluding hydrogens is 1060 g/mol. The average Bonchev–Trinajstić information content (AvgIpc) is 1.28. The number of nitrogens with zero attached hydrogens (tertiary/aromatic N) is 2. The van der Waals surface area contributed by atoms with Crippen molar-refractivity contribution in [3.8, 4) is 0 Å². The van der Waals surface area contributed by atoms with E-state index in [1.807, 2.05) is 0 Å². The number of carbonyl (C=O) groups excluding carboxylic acids is 2. The lowest BCUT2D eigenvalue weighted by atomic mass is 9.26. The van der Waals surface area contributed by atoms with Crippen LogP contribution in [0.15, 0.2) is 63.8 Å². The summed E-state index contributed by atoms with van der Waals surface area (Å²) < 4.78 is 15.3. The van der Waals surface area contributed by atoms with Crippen LogP contribution in [0, 0.1) is 96.6 Å². The number of aliphatic hydroxyl groups excluding tert-OH is 1. The van der Waals surface area contributed by atoms with E-state index < -0.39 is 16.4 Å². The van der Waals surface area contributed by atoms with Gasteiger partial charge in [0.15, 0.2) is 11.4 Å². The van der Waals surface area contributed by atoms with Crippen molar-refractivity contribution < 1.29 is 24.2 Å². The fourth-order valence-corrected chi connectivity index (χ4v) is 31.3. The average molecular weight is 1160 g/mol. The number of benzene rings is 1. The van der Waals surface area contributed by atoms with Crippen molar-refractivity contribution in [2.45, 2.75) is 262 Å². The molecule has 0 amide bonds. The maximum atomic E-state index is 17.3. The molecule has 1 aromatic rings. The summed E-state index contributed by atoms with van der Waals surface area (Å²) in [5.74, 6) is 3.84. The minimum atomic E-state index is -1.15. The first-order chi connectivity index (χ1) is 41.9. The van der Waals surface area contributed by atoms with Gasteiger partial charge in [-0.1, -0.05) is 106 Å². The van der Waals surface area contributed by atoms with Crippen molar-refractivity contribution in [3.05, 3.63) is 80.5 Å². The van der Waals surface area contributed by atoms with Crippen molar-refractivity contribution in [2.24, 2.45) is 102 Å². The third-order valence-corrected chi connectivity index (χ3v) is 33.6. The van der Waals surface area contributed by atoms with E-state index in [4.69, 9.17) is 15.2 Å².